The standard InChI is InChI=1S/C9H10F2N2O/c10-8(11)7-2-1-3-12-9(7)13-4-6(14)5-13/h1-3,6,8,14H,4-5H2. The summed E-state index contributed by atoms with van der Waals surface area (Å²) in [6.45, 7) is 0.771. The number of pyridine rings is 1. The maximum Gasteiger partial charge on any atom is 0.267 e. The van der Waals surface area contributed by atoms with Gasteiger partial charge in [-0.25, -0.2) is 13.8 Å². The summed E-state index contributed by atoms with van der Waals surface area (Å²) in [5.41, 5.74) is -0.0700. The van der Waals surface area contributed by atoms with Crippen molar-refractivity contribution in [2.75, 3.05) is 18.0 Å². The summed E-state index contributed by atoms with van der Waals surface area (Å²) in [5.74, 6) is 0.285. The number of alkyl halides is 2. The molecule has 0 saturated carbocycles. The van der Waals surface area contributed by atoms with Crippen molar-refractivity contribution in [2.24, 2.45) is 0 Å². The van der Waals surface area contributed by atoms with Gasteiger partial charge in [0.05, 0.1) is 11.7 Å². The van der Waals surface area contributed by atoms with Gasteiger partial charge in [-0.15, -0.1) is 0 Å². The van der Waals surface area contributed by atoms with Gasteiger partial charge in [-0.1, -0.05) is 0 Å². The van der Waals surface area contributed by atoms with Crippen LogP contribution >= 0.6 is 0 Å². The van der Waals surface area contributed by atoms with E-state index in [2.05, 4.69) is 4.98 Å². The summed E-state index contributed by atoms with van der Waals surface area (Å²) >= 11 is 0. The van der Waals surface area contributed by atoms with Gasteiger partial charge in [-0.05, 0) is 12.1 Å². The fourth-order valence-electron chi connectivity index (χ4n) is 1.47. The molecule has 0 amide bonds. The lowest BCUT2D eigenvalue weighted by Gasteiger charge is -2.37. The molecule has 0 radical (unpaired) electrons. The third-order valence-corrected chi connectivity index (χ3v) is 2.21. The number of aromatic nitrogens is 1. The highest BCUT2D eigenvalue weighted by atomic mass is 19.3. The van der Waals surface area contributed by atoms with Crippen molar-refractivity contribution in [1.29, 1.82) is 0 Å². The fraction of sp³-hybridized carbons (Fsp3) is 0.444. The van der Waals surface area contributed by atoms with Crippen molar-refractivity contribution in [3.63, 3.8) is 0 Å². The second kappa shape index (κ2) is 3.49. The predicted molar refractivity (Wildman–Crippen MR) is 47.4 cm³/mol. The Morgan fingerprint density at radius 1 is 1.50 bits per heavy atom. The summed E-state index contributed by atoms with van der Waals surface area (Å²) in [6.07, 6.45) is -1.45. The van der Waals surface area contributed by atoms with Crippen LogP contribution in [-0.4, -0.2) is 29.3 Å². The largest absolute Gasteiger partial charge is 0.389 e. The molecule has 1 N–H and O–H groups in total. The number of hydrogen-bond acceptors (Lipinski definition) is 3. The van der Waals surface area contributed by atoms with Crippen molar-refractivity contribution in [2.45, 2.75) is 12.5 Å². The molecule has 0 atom stereocenters. The van der Waals surface area contributed by atoms with E-state index in [1.54, 1.807) is 4.90 Å². The Labute approximate surface area is 80.0 Å². The van der Waals surface area contributed by atoms with Crippen LogP contribution in [-0.2, 0) is 0 Å². The van der Waals surface area contributed by atoms with Crippen LogP contribution in [0.2, 0.25) is 0 Å². The number of aliphatic hydroxyl groups is 1. The van der Waals surface area contributed by atoms with Crippen LogP contribution < -0.4 is 4.90 Å². The summed E-state index contributed by atoms with van der Waals surface area (Å²) < 4.78 is 25.0. The first-order valence-electron chi connectivity index (χ1n) is 4.34. The van der Waals surface area contributed by atoms with Gasteiger partial charge in [0.25, 0.3) is 6.43 Å². The minimum Gasteiger partial charge on any atom is -0.389 e. The van der Waals surface area contributed by atoms with Crippen LogP contribution in [0.3, 0.4) is 0 Å². The zero-order valence-electron chi connectivity index (χ0n) is 7.40. The van der Waals surface area contributed by atoms with Crippen LogP contribution in [0, 0.1) is 0 Å². The lowest BCUT2D eigenvalue weighted by Crippen LogP contribution is -2.51. The van der Waals surface area contributed by atoms with E-state index in [-0.39, 0.29) is 11.4 Å². The highest BCUT2D eigenvalue weighted by Gasteiger charge is 2.28. The van der Waals surface area contributed by atoms with Gasteiger partial charge in [0.1, 0.15) is 5.82 Å². The molecule has 2 heterocycles. The molecule has 1 saturated heterocycles. The molecule has 1 aliphatic rings. The van der Waals surface area contributed by atoms with E-state index in [0.29, 0.717) is 13.1 Å². The number of hydrogen-bond donors (Lipinski definition) is 1. The summed E-state index contributed by atoms with van der Waals surface area (Å²) in [4.78, 5) is 5.54. The average molecular weight is 200 g/mol. The molecule has 1 aromatic heterocycles. The van der Waals surface area contributed by atoms with Gasteiger partial charge in [0.15, 0.2) is 0 Å². The summed E-state index contributed by atoms with van der Waals surface area (Å²) in [6, 6.07) is 2.85. The van der Waals surface area contributed by atoms with Crippen LogP contribution in [0.4, 0.5) is 14.6 Å². The van der Waals surface area contributed by atoms with Crippen molar-refractivity contribution >= 4 is 5.82 Å². The van der Waals surface area contributed by atoms with Crippen LogP contribution in [0.15, 0.2) is 18.3 Å². The highest BCUT2D eigenvalue weighted by molar-refractivity contribution is 5.49. The SMILES string of the molecule is OC1CN(c2ncccc2C(F)F)C1. The molecule has 1 fully saturated rings. The molecule has 0 aliphatic carbocycles. The van der Waals surface area contributed by atoms with Crippen molar-refractivity contribution in [3.8, 4) is 0 Å². The molecular weight excluding hydrogens is 190 g/mol. The first-order chi connectivity index (χ1) is 6.68. The van der Waals surface area contributed by atoms with Crippen LogP contribution in [0.25, 0.3) is 0 Å². The molecule has 0 aromatic carbocycles. The Morgan fingerprint density at radius 2 is 2.21 bits per heavy atom. The normalized spacial score (nSPS) is 17.3. The first-order valence-corrected chi connectivity index (χ1v) is 4.34. The zero-order valence-corrected chi connectivity index (χ0v) is 7.40. The maximum absolute atomic E-state index is 12.5. The smallest absolute Gasteiger partial charge is 0.267 e. The molecule has 3 nitrogen and oxygen atoms in total. The van der Waals surface area contributed by atoms with Gasteiger partial charge in [-0.3, -0.25) is 0 Å². The maximum atomic E-state index is 12.5. The van der Waals surface area contributed by atoms with Gasteiger partial charge in [0, 0.05) is 19.3 Å². The molecule has 1 aromatic rings. The van der Waals surface area contributed by atoms with E-state index in [0.717, 1.165) is 0 Å². The zero-order chi connectivity index (χ0) is 10.1. The van der Waals surface area contributed by atoms with E-state index in [1.807, 2.05) is 0 Å². The summed E-state index contributed by atoms with van der Waals surface area (Å²) in [5, 5.41) is 9.05. The van der Waals surface area contributed by atoms with Gasteiger partial charge >= 0.3 is 0 Å². The number of anilines is 1. The number of halogens is 2. The summed E-state index contributed by atoms with van der Waals surface area (Å²) in [7, 11) is 0. The Kier molecular flexibility index (Phi) is 2.33. The lowest BCUT2D eigenvalue weighted by atomic mass is 10.1. The van der Waals surface area contributed by atoms with Gasteiger partial charge in [-0.2, -0.15) is 0 Å². The van der Waals surface area contributed by atoms with E-state index >= 15 is 0 Å². The monoisotopic (exact) mass is 200 g/mol. The van der Waals surface area contributed by atoms with E-state index in [1.165, 1.54) is 18.3 Å². The molecule has 0 unspecified atom stereocenters. The van der Waals surface area contributed by atoms with E-state index < -0.39 is 12.5 Å². The van der Waals surface area contributed by atoms with Crippen molar-refractivity contribution in [1.82, 2.24) is 4.98 Å². The second-order valence-corrected chi connectivity index (χ2v) is 3.28. The van der Waals surface area contributed by atoms with Crippen molar-refractivity contribution < 1.29 is 13.9 Å². The Balaban J connectivity index is 2.24. The quantitative estimate of drug-likeness (QED) is 0.779. The topological polar surface area (TPSA) is 36.4 Å². The number of nitrogens with zero attached hydrogens (tertiary/aromatic N) is 2. The molecule has 1 aliphatic heterocycles. The highest BCUT2D eigenvalue weighted by Crippen LogP contribution is 2.29. The Morgan fingerprint density at radius 3 is 2.79 bits per heavy atom. The number of aliphatic hydroxyl groups excluding tert-OH is 1. The van der Waals surface area contributed by atoms with Crippen LogP contribution in [0.1, 0.15) is 12.0 Å². The lowest BCUT2D eigenvalue weighted by molar-refractivity contribution is 0.135. The molecule has 76 valence electrons. The number of β-amino-alcohol motifs (C(OH)–C–C–N with tert-alkyl or cyclic N) is 1. The Hall–Kier alpha value is -1.23. The average Bonchev–Trinajstić information content (AvgIpc) is 2.13. The third-order valence-electron chi connectivity index (χ3n) is 2.21. The van der Waals surface area contributed by atoms with Crippen molar-refractivity contribution in [3.05, 3.63) is 23.9 Å². The predicted octanol–water partition coefficient (Wildman–Crippen LogP) is 1.20. The third kappa shape index (κ3) is 1.55. The molecule has 0 bridgehead atoms. The number of rotatable bonds is 2. The van der Waals surface area contributed by atoms with Gasteiger partial charge < -0.3 is 10.0 Å². The second-order valence-electron chi connectivity index (χ2n) is 3.28. The van der Waals surface area contributed by atoms with E-state index in [4.69, 9.17) is 5.11 Å². The minimum absolute atomic E-state index is 0.0700. The molecular formula is C9H10F2N2O. The fourth-order valence-corrected chi connectivity index (χ4v) is 1.47. The first kappa shape index (κ1) is 9.33. The van der Waals surface area contributed by atoms with E-state index in [9.17, 15) is 8.78 Å². The van der Waals surface area contributed by atoms with Crippen LogP contribution in [0.5, 0.6) is 0 Å². The molecule has 14 heavy (non-hydrogen) atoms. The molecule has 5 heteroatoms. The van der Waals surface area contributed by atoms with Gasteiger partial charge in [0.2, 0.25) is 0 Å². The Bertz CT molecular complexity index is 326. The molecule has 2 rings (SSSR count). The molecule has 0 spiro atoms. The minimum atomic E-state index is -2.52.